The number of rotatable bonds is 5. The number of halogens is 3. The Hall–Kier alpha value is -4.47. The molecule has 4 heterocycles. The van der Waals surface area contributed by atoms with Gasteiger partial charge in [0, 0.05) is 53.6 Å². The molecule has 35 heavy (non-hydrogen) atoms. The molecule has 0 N–H and O–H groups in total. The van der Waals surface area contributed by atoms with E-state index in [2.05, 4.69) is 15.0 Å². The van der Waals surface area contributed by atoms with Crippen LogP contribution in [0.25, 0.3) is 27.8 Å². The van der Waals surface area contributed by atoms with Crippen molar-refractivity contribution in [1.29, 1.82) is 0 Å². The van der Waals surface area contributed by atoms with Gasteiger partial charge in [-0.1, -0.05) is 0 Å². The summed E-state index contributed by atoms with van der Waals surface area (Å²) in [5.41, 5.74) is 1.49. The molecule has 0 aliphatic carbocycles. The molecule has 0 unspecified atom stereocenters. The van der Waals surface area contributed by atoms with Crippen LogP contribution in [0.5, 0.6) is 5.88 Å². The van der Waals surface area contributed by atoms with E-state index in [1.54, 1.807) is 47.6 Å². The van der Waals surface area contributed by atoms with E-state index in [0.717, 1.165) is 23.1 Å². The fourth-order valence-electron chi connectivity index (χ4n) is 3.83. The number of hydrogen-bond acceptors (Lipinski definition) is 5. The zero-order chi connectivity index (χ0) is 24.6. The minimum absolute atomic E-state index is 0.172. The van der Waals surface area contributed by atoms with Crippen LogP contribution in [-0.4, -0.2) is 31.2 Å². The topological polar surface area (TPSA) is 74.8 Å². The van der Waals surface area contributed by atoms with Crippen molar-refractivity contribution in [1.82, 2.24) is 24.1 Å². The largest absolute Gasteiger partial charge is 0.481 e. The molecule has 7 nitrogen and oxygen atoms in total. The molecule has 176 valence electrons. The number of ether oxygens (including phenoxy) is 1. The van der Waals surface area contributed by atoms with E-state index in [0.29, 0.717) is 28.6 Å². The molecule has 0 aliphatic heterocycles. The Morgan fingerprint density at radius 2 is 1.80 bits per heavy atom. The van der Waals surface area contributed by atoms with Crippen LogP contribution in [0, 0.1) is 0 Å². The minimum Gasteiger partial charge on any atom is -0.481 e. The average molecular weight is 477 g/mol. The number of alkyl halides is 3. The van der Waals surface area contributed by atoms with Crippen LogP contribution in [0.4, 0.5) is 13.2 Å². The molecule has 0 atom stereocenters. The van der Waals surface area contributed by atoms with Gasteiger partial charge < -0.3 is 13.9 Å². The lowest BCUT2D eigenvalue weighted by Gasteiger charge is -2.09. The first-order chi connectivity index (χ1) is 16.8. The third kappa shape index (κ3) is 4.37. The molecular weight excluding hydrogens is 459 g/mol. The van der Waals surface area contributed by atoms with Gasteiger partial charge in [0.15, 0.2) is 5.82 Å². The van der Waals surface area contributed by atoms with E-state index < -0.39 is 11.7 Å². The number of pyridine rings is 2. The summed E-state index contributed by atoms with van der Waals surface area (Å²) in [6.07, 6.45) is 2.17. The van der Waals surface area contributed by atoms with Crippen LogP contribution >= 0.6 is 0 Å². The van der Waals surface area contributed by atoms with Gasteiger partial charge in [0.25, 0.3) is 5.56 Å². The second-order valence-electron chi connectivity index (χ2n) is 7.73. The Bertz CT molecular complexity index is 1570. The van der Waals surface area contributed by atoms with Crippen LogP contribution in [0.3, 0.4) is 0 Å². The molecule has 0 saturated heterocycles. The Morgan fingerprint density at radius 1 is 1.00 bits per heavy atom. The van der Waals surface area contributed by atoms with Gasteiger partial charge in [-0.05, 0) is 48.0 Å². The molecule has 0 saturated carbocycles. The maximum absolute atomic E-state index is 13.0. The minimum atomic E-state index is -4.42. The summed E-state index contributed by atoms with van der Waals surface area (Å²) in [6.45, 7) is 0.172. The maximum Gasteiger partial charge on any atom is 0.416 e. The van der Waals surface area contributed by atoms with E-state index in [1.165, 1.54) is 29.9 Å². The van der Waals surface area contributed by atoms with E-state index >= 15 is 0 Å². The van der Waals surface area contributed by atoms with Gasteiger partial charge in [0.1, 0.15) is 5.65 Å². The van der Waals surface area contributed by atoms with Crippen LogP contribution in [0.15, 0.2) is 84.2 Å². The first kappa shape index (κ1) is 22.3. The van der Waals surface area contributed by atoms with Crippen molar-refractivity contribution < 1.29 is 17.9 Å². The zero-order valence-electron chi connectivity index (χ0n) is 18.4. The maximum atomic E-state index is 13.0. The summed E-state index contributed by atoms with van der Waals surface area (Å²) in [7, 11) is 1.50. The normalized spacial score (nSPS) is 11.7. The molecule has 0 aliphatic rings. The van der Waals surface area contributed by atoms with Crippen LogP contribution < -0.4 is 10.3 Å². The van der Waals surface area contributed by atoms with Crippen molar-refractivity contribution in [2.24, 2.45) is 0 Å². The third-order valence-electron chi connectivity index (χ3n) is 5.54. The first-order valence-corrected chi connectivity index (χ1v) is 10.5. The molecule has 4 aromatic heterocycles. The number of nitrogens with zero attached hydrogens (tertiary/aromatic N) is 5. The lowest BCUT2D eigenvalue weighted by atomic mass is 10.1. The average Bonchev–Trinajstić information content (AvgIpc) is 3.25. The van der Waals surface area contributed by atoms with E-state index in [4.69, 9.17) is 4.74 Å². The van der Waals surface area contributed by atoms with Crippen molar-refractivity contribution in [3.63, 3.8) is 0 Å². The Morgan fingerprint density at radius 3 is 2.51 bits per heavy atom. The van der Waals surface area contributed by atoms with E-state index in [1.807, 2.05) is 6.07 Å². The zero-order valence-corrected chi connectivity index (χ0v) is 18.4. The molecule has 0 radical (unpaired) electrons. The fourth-order valence-corrected chi connectivity index (χ4v) is 3.83. The predicted molar refractivity (Wildman–Crippen MR) is 123 cm³/mol. The van der Waals surface area contributed by atoms with Crippen molar-refractivity contribution in [2.75, 3.05) is 7.11 Å². The monoisotopic (exact) mass is 477 g/mol. The van der Waals surface area contributed by atoms with Crippen molar-refractivity contribution in [3.05, 3.63) is 101 Å². The highest BCUT2D eigenvalue weighted by Gasteiger charge is 2.30. The highest BCUT2D eigenvalue weighted by Crippen LogP contribution is 2.33. The molecule has 0 spiro atoms. The Labute approximate surface area is 197 Å². The molecule has 0 amide bonds. The van der Waals surface area contributed by atoms with Gasteiger partial charge in [0.2, 0.25) is 5.88 Å². The number of methoxy groups -OCH3 is 1. The predicted octanol–water partition coefficient (Wildman–Crippen LogP) is 4.72. The second kappa shape index (κ2) is 8.71. The molecule has 1 aromatic carbocycles. The van der Waals surface area contributed by atoms with Gasteiger partial charge in [-0.3, -0.25) is 4.79 Å². The standard InChI is InChI=1S/C25H18F3N5O2/c1-35-22-8-11-29-21(31-22)15-32-12-9-16(13-23(32)34)20-14-33(24-19(20)3-2-10-30-24)18-6-4-17(5-7-18)25(26,27)28/h2-14H,15H2,1H3. The Balaban J connectivity index is 1.53. The quantitative estimate of drug-likeness (QED) is 0.366. The van der Waals surface area contributed by atoms with Crippen LogP contribution in [-0.2, 0) is 12.7 Å². The van der Waals surface area contributed by atoms with Crippen LogP contribution in [0.1, 0.15) is 11.4 Å². The first-order valence-electron chi connectivity index (χ1n) is 10.5. The van der Waals surface area contributed by atoms with Gasteiger partial charge >= 0.3 is 6.18 Å². The Kier molecular flexibility index (Phi) is 5.56. The SMILES string of the molecule is COc1ccnc(Cn2ccc(-c3cn(-c4ccc(C(F)(F)F)cc4)c4ncccc34)cc2=O)n1. The molecule has 0 fully saturated rings. The van der Waals surface area contributed by atoms with Crippen molar-refractivity contribution in [2.45, 2.75) is 12.7 Å². The van der Waals surface area contributed by atoms with Gasteiger partial charge in [-0.15, -0.1) is 0 Å². The lowest BCUT2D eigenvalue weighted by Crippen LogP contribution is -2.20. The fraction of sp³-hybridized carbons (Fsp3) is 0.120. The van der Waals surface area contributed by atoms with Crippen molar-refractivity contribution in [3.8, 4) is 22.7 Å². The summed E-state index contributed by atoms with van der Waals surface area (Å²) in [5, 5.41) is 0.765. The van der Waals surface area contributed by atoms with E-state index in [9.17, 15) is 18.0 Å². The third-order valence-corrected chi connectivity index (χ3v) is 5.54. The summed E-state index contributed by atoms with van der Waals surface area (Å²) >= 11 is 0. The molecular formula is C25H18F3N5O2. The van der Waals surface area contributed by atoms with Gasteiger partial charge in [-0.2, -0.15) is 18.2 Å². The number of hydrogen-bond donors (Lipinski definition) is 0. The number of benzene rings is 1. The van der Waals surface area contributed by atoms with Crippen LogP contribution in [0.2, 0.25) is 0 Å². The van der Waals surface area contributed by atoms with Crippen molar-refractivity contribution >= 4 is 11.0 Å². The smallest absolute Gasteiger partial charge is 0.416 e. The lowest BCUT2D eigenvalue weighted by molar-refractivity contribution is -0.137. The summed E-state index contributed by atoms with van der Waals surface area (Å²) in [4.78, 5) is 25.7. The number of fused-ring (bicyclic) bond motifs is 1. The summed E-state index contributed by atoms with van der Waals surface area (Å²) in [6, 6.07) is 13.4. The van der Waals surface area contributed by atoms with Gasteiger partial charge in [-0.25, -0.2) is 9.97 Å². The second-order valence-corrected chi connectivity index (χ2v) is 7.73. The number of aromatic nitrogens is 5. The highest BCUT2D eigenvalue weighted by molar-refractivity contribution is 5.95. The molecule has 0 bridgehead atoms. The van der Waals surface area contributed by atoms with E-state index in [-0.39, 0.29) is 12.1 Å². The summed E-state index contributed by atoms with van der Waals surface area (Å²) in [5.74, 6) is 0.838. The molecule has 10 heteroatoms. The highest BCUT2D eigenvalue weighted by atomic mass is 19.4. The van der Waals surface area contributed by atoms with Gasteiger partial charge in [0.05, 0.1) is 19.2 Å². The molecule has 5 rings (SSSR count). The summed E-state index contributed by atoms with van der Waals surface area (Å²) < 4.78 is 47.2. The molecule has 5 aromatic rings.